The maximum absolute atomic E-state index is 14.0. The van der Waals surface area contributed by atoms with Crippen LogP contribution in [0.1, 0.15) is 73.3 Å². The Hall–Kier alpha value is -3.97. The smallest absolute Gasteiger partial charge is 0.338 e. The number of benzene rings is 2. The first-order chi connectivity index (χ1) is 19.1. The van der Waals surface area contributed by atoms with Crippen LogP contribution in [0.4, 0.5) is 0 Å². The van der Waals surface area contributed by atoms with E-state index in [-0.39, 0.29) is 12.2 Å². The van der Waals surface area contributed by atoms with Crippen molar-refractivity contribution in [3.05, 3.63) is 119 Å². The van der Waals surface area contributed by atoms with E-state index < -0.39 is 12.0 Å². The number of fused-ring (bicyclic) bond motifs is 1. The predicted octanol–water partition coefficient (Wildman–Crippen LogP) is 5.64. The molecule has 1 unspecified atom stereocenters. The first-order valence-corrected chi connectivity index (χ1v) is 14.5. The molecular weight excluding hydrogens is 518 g/mol. The molecule has 2 aromatic heterocycles. The SMILES string of the molecule is CCOC(=O)C1=C(C)N=c2sc(=Cc3cc(C)n(-c4ccc(C)cc4)c3C)c(=O)n2C1c1ccc(C(C)C)cc1. The summed E-state index contributed by atoms with van der Waals surface area (Å²) < 4.78 is 9.85. The van der Waals surface area contributed by atoms with Crippen LogP contribution < -0.4 is 14.9 Å². The van der Waals surface area contributed by atoms with Crippen LogP contribution in [-0.4, -0.2) is 21.7 Å². The number of hydrogen-bond donors (Lipinski definition) is 0. The fourth-order valence-corrected chi connectivity index (χ4v) is 6.37. The average Bonchev–Trinajstić information content (AvgIpc) is 3.38. The van der Waals surface area contributed by atoms with Crippen LogP contribution in [0, 0.1) is 20.8 Å². The Balaban J connectivity index is 1.67. The van der Waals surface area contributed by atoms with Crippen molar-refractivity contribution in [1.82, 2.24) is 9.13 Å². The van der Waals surface area contributed by atoms with Crippen molar-refractivity contribution in [3.63, 3.8) is 0 Å². The van der Waals surface area contributed by atoms with Gasteiger partial charge in [-0.25, -0.2) is 9.79 Å². The number of hydrogen-bond acceptors (Lipinski definition) is 5. The van der Waals surface area contributed by atoms with Gasteiger partial charge in [0.05, 0.1) is 28.5 Å². The lowest BCUT2D eigenvalue weighted by atomic mass is 9.93. The van der Waals surface area contributed by atoms with Gasteiger partial charge in [0, 0.05) is 17.1 Å². The van der Waals surface area contributed by atoms with Gasteiger partial charge >= 0.3 is 5.97 Å². The largest absolute Gasteiger partial charge is 0.463 e. The molecule has 2 aromatic carbocycles. The van der Waals surface area contributed by atoms with Gasteiger partial charge in [0.1, 0.15) is 0 Å². The lowest BCUT2D eigenvalue weighted by Crippen LogP contribution is -2.39. The van der Waals surface area contributed by atoms with Crippen molar-refractivity contribution < 1.29 is 9.53 Å². The van der Waals surface area contributed by atoms with Crippen LogP contribution in [0.2, 0.25) is 0 Å². The normalized spacial score (nSPS) is 15.4. The standard InChI is InChI=1S/C33H35N3O3S/c1-8-39-32(38)29-22(6)34-33-36(30(29)25-13-11-24(12-14-25)19(2)3)31(37)28(40-33)18-26-17-21(5)35(23(26)7)27-15-9-20(4)10-16-27/h9-19,30H,8H2,1-7H3. The molecule has 0 N–H and O–H groups in total. The first kappa shape index (κ1) is 27.6. The number of carbonyl (C=O) groups excluding carboxylic acids is 1. The van der Waals surface area contributed by atoms with Gasteiger partial charge in [-0.05, 0) is 81.5 Å². The molecule has 1 atom stereocenters. The second-order valence-corrected chi connectivity index (χ2v) is 11.6. The molecule has 7 heteroatoms. The number of aromatic nitrogens is 2. The Labute approximate surface area is 238 Å². The monoisotopic (exact) mass is 553 g/mol. The van der Waals surface area contributed by atoms with Crippen molar-refractivity contribution in [2.24, 2.45) is 4.99 Å². The summed E-state index contributed by atoms with van der Waals surface area (Å²) in [6.45, 7) is 14.3. The summed E-state index contributed by atoms with van der Waals surface area (Å²) in [6.07, 6.45) is 1.94. The molecule has 0 saturated heterocycles. The topological polar surface area (TPSA) is 65.6 Å². The van der Waals surface area contributed by atoms with E-state index in [2.05, 4.69) is 81.7 Å². The third-order valence-electron chi connectivity index (χ3n) is 7.48. The zero-order valence-electron chi connectivity index (χ0n) is 24.1. The van der Waals surface area contributed by atoms with Crippen LogP contribution in [0.25, 0.3) is 11.8 Å². The summed E-state index contributed by atoms with van der Waals surface area (Å²) in [4.78, 5) is 32.5. The summed E-state index contributed by atoms with van der Waals surface area (Å²) in [5.41, 5.74) is 8.25. The predicted molar refractivity (Wildman–Crippen MR) is 161 cm³/mol. The molecule has 3 heterocycles. The zero-order chi connectivity index (χ0) is 28.7. The highest BCUT2D eigenvalue weighted by atomic mass is 32.1. The quantitative estimate of drug-likeness (QED) is 0.291. The molecule has 0 fully saturated rings. The van der Waals surface area contributed by atoms with E-state index in [1.807, 2.05) is 25.1 Å². The van der Waals surface area contributed by atoms with Crippen molar-refractivity contribution >= 4 is 23.4 Å². The van der Waals surface area contributed by atoms with Crippen molar-refractivity contribution in [2.45, 2.75) is 60.4 Å². The second kappa shape index (κ2) is 10.9. The maximum atomic E-state index is 14.0. The number of nitrogens with zero attached hydrogens (tertiary/aromatic N) is 3. The third kappa shape index (κ3) is 4.90. The highest BCUT2D eigenvalue weighted by Gasteiger charge is 2.33. The van der Waals surface area contributed by atoms with Crippen LogP contribution in [0.5, 0.6) is 0 Å². The van der Waals surface area contributed by atoms with Gasteiger partial charge in [0.2, 0.25) is 0 Å². The number of ether oxygens (including phenoxy) is 1. The number of allylic oxidation sites excluding steroid dienone is 1. The van der Waals surface area contributed by atoms with E-state index in [1.165, 1.54) is 22.5 Å². The minimum absolute atomic E-state index is 0.170. The fraction of sp³-hybridized carbons (Fsp3) is 0.303. The Morgan fingerprint density at radius 1 is 1.05 bits per heavy atom. The van der Waals surface area contributed by atoms with Crippen LogP contribution in [0.15, 0.2) is 75.7 Å². The maximum Gasteiger partial charge on any atom is 0.338 e. The Morgan fingerprint density at radius 2 is 1.73 bits per heavy atom. The zero-order valence-corrected chi connectivity index (χ0v) is 24.9. The molecule has 0 radical (unpaired) electrons. The first-order valence-electron chi connectivity index (χ1n) is 13.7. The fourth-order valence-electron chi connectivity index (χ4n) is 5.34. The van der Waals surface area contributed by atoms with E-state index in [4.69, 9.17) is 9.73 Å². The number of esters is 1. The summed E-state index contributed by atoms with van der Waals surface area (Å²) in [6, 6.07) is 18.0. The van der Waals surface area contributed by atoms with Gasteiger partial charge in [-0.15, -0.1) is 0 Å². The molecule has 5 rings (SSSR count). The Kier molecular flexibility index (Phi) is 7.51. The van der Waals surface area contributed by atoms with Gasteiger partial charge < -0.3 is 9.30 Å². The van der Waals surface area contributed by atoms with E-state index >= 15 is 0 Å². The molecule has 206 valence electrons. The van der Waals surface area contributed by atoms with Crippen molar-refractivity contribution in [1.29, 1.82) is 0 Å². The van der Waals surface area contributed by atoms with Crippen LogP contribution in [-0.2, 0) is 9.53 Å². The highest BCUT2D eigenvalue weighted by Crippen LogP contribution is 2.31. The molecule has 1 aliphatic heterocycles. The van der Waals surface area contributed by atoms with Crippen molar-refractivity contribution in [3.8, 4) is 5.69 Å². The number of thiazole rings is 1. The van der Waals surface area contributed by atoms with E-state index in [9.17, 15) is 9.59 Å². The molecule has 40 heavy (non-hydrogen) atoms. The van der Waals surface area contributed by atoms with Crippen molar-refractivity contribution in [2.75, 3.05) is 6.61 Å². The van der Waals surface area contributed by atoms with Gasteiger partial charge in [0.15, 0.2) is 4.80 Å². The van der Waals surface area contributed by atoms with Gasteiger partial charge in [-0.2, -0.15) is 0 Å². The summed E-state index contributed by atoms with van der Waals surface area (Å²) in [7, 11) is 0. The molecule has 0 amide bonds. The Morgan fingerprint density at radius 3 is 2.35 bits per heavy atom. The molecule has 4 aromatic rings. The minimum atomic E-state index is -0.612. The highest BCUT2D eigenvalue weighted by molar-refractivity contribution is 7.07. The number of rotatable bonds is 6. The Bertz CT molecular complexity index is 1800. The number of aryl methyl sites for hydroxylation is 2. The molecule has 0 spiro atoms. The number of carbonyl (C=O) groups is 1. The van der Waals surface area contributed by atoms with E-state index in [0.717, 1.165) is 28.2 Å². The minimum Gasteiger partial charge on any atom is -0.463 e. The molecule has 0 aliphatic carbocycles. The van der Waals surface area contributed by atoms with Crippen LogP contribution >= 0.6 is 11.3 Å². The average molecular weight is 554 g/mol. The van der Waals surface area contributed by atoms with Crippen LogP contribution in [0.3, 0.4) is 0 Å². The third-order valence-corrected chi connectivity index (χ3v) is 8.47. The second-order valence-electron chi connectivity index (χ2n) is 10.6. The molecule has 1 aliphatic rings. The molecule has 0 saturated carbocycles. The van der Waals surface area contributed by atoms with Gasteiger partial charge in [0.25, 0.3) is 5.56 Å². The van der Waals surface area contributed by atoms with Gasteiger partial charge in [-0.3, -0.25) is 9.36 Å². The summed E-state index contributed by atoms with van der Waals surface area (Å²) in [5.74, 6) is -0.0747. The molecule has 6 nitrogen and oxygen atoms in total. The van der Waals surface area contributed by atoms with Gasteiger partial charge in [-0.1, -0.05) is 67.1 Å². The molecule has 0 bridgehead atoms. The van der Waals surface area contributed by atoms with E-state index in [1.54, 1.807) is 11.5 Å². The lowest BCUT2D eigenvalue weighted by molar-refractivity contribution is -0.139. The summed E-state index contributed by atoms with van der Waals surface area (Å²) >= 11 is 1.35. The van der Waals surface area contributed by atoms with E-state index in [0.29, 0.717) is 26.5 Å². The molecular formula is C33H35N3O3S. The lowest BCUT2D eigenvalue weighted by Gasteiger charge is -2.25. The summed E-state index contributed by atoms with van der Waals surface area (Å²) in [5, 5.41) is 0.